The van der Waals surface area contributed by atoms with Crippen LogP contribution in [0.5, 0.6) is 5.75 Å². The van der Waals surface area contributed by atoms with Crippen LogP contribution in [0, 0.1) is 0 Å². The van der Waals surface area contributed by atoms with Crippen molar-refractivity contribution in [3.8, 4) is 5.75 Å². The molecule has 11 nitrogen and oxygen atoms in total. The fraction of sp³-hybridized carbons (Fsp3) is 0.346. The maximum Gasteiger partial charge on any atom is 0.255 e. The number of pyridine rings is 1. The van der Waals surface area contributed by atoms with Crippen LogP contribution in [-0.4, -0.2) is 57.9 Å². The van der Waals surface area contributed by atoms with Gasteiger partial charge in [0.05, 0.1) is 25.8 Å². The zero-order valence-electron chi connectivity index (χ0n) is 21.0. The molecule has 3 N–H and O–H groups in total. The summed E-state index contributed by atoms with van der Waals surface area (Å²) in [6.07, 6.45) is 9.35. The molecule has 0 saturated carbocycles. The van der Waals surface area contributed by atoms with Crippen molar-refractivity contribution in [3.05, 3.63) is 65.4 Å². The molecule has 11 heteroatoms. The van der Waals surface area contributed by atoms with Gasteiger partial charge < -0.3 is 25.4 Å². The molecule has 0 bridgehead atoms. The average Bonchev–Trinajstić information content (AvgIpc) is 3.58. The second kappa shape index (κ2) is 10.8. The predicted molar refractivity (Wildman–Crippen MR) is 139 cm³/mol. The molecule has 192 valence electrons. The van der Waals surface area contributed by atoms with Crippen molar-refractivity contribution in [1.29, 1.82) is 0 Å². The number of hydrogen-bond acceptors (Lipinski definition) is 9. The Bertz CT molecular complexity index is 1400. The number of fused-ring (bicyclic) bond motifs is 1. The van der Waals surface area contributed by atoms with E-state index >= 15 is 0 Å². The third-order valence-corrected chi connectivity index (χ3v) is 6.42. The van der Waals surface area contributed by atoms with Crippen molar-refractivity contribution < 1.29 is 14.3 Å². The zero-order chi connectivity index (χ0) is 25.8. The summed E-state index contributed by atoms with van der Waals surface area (Å²) < 4.78 is 12.5. The fourth-order valence-electron chi connectivity index (χ4n) is 4.54. The molecular weight excluding hydrogens is 472 g/mol. The summed E-state index contributed by atoms with van der Waals surface area (Å²) in [4.78, 5) is 28.5. The van der Waals surface area contributed by atoms with Crippen LogP contribution in [-0.2, 0) is 24.4 Å². The topological polar surface area (TPSA) is 133 Å². The first-order chi connectivity index (χ1) is 18.1. The maximum atomic E-state index is 13.2. The normalized spacial score (nSPS) is 13.3. The summed E-state index contributed by atoms with van der Waals surface area (Å²) in [7, 11) is 3.16. The molecule has 0 spiro atoms. The molecule has 5 rings (SSSR count). The molecule has 1 fully saturated rings. The first kappa shape index (κ1) is 24.4. The first-order valence-corrected chi connectivity index (χ1v) is 12.2. The monoisotopic (exact) mass is 502 g/mol. The number of rotatable bonds is 9. The minimum absolute atomic E-state index is 0.214. The Kier molecular flexibility index (Phi) is 7.13. The van der Waals surface area contributed by atoms with E-state index in [9.17, 15) is 4.79 Å². The van der Waals surface area contributed by atoms with Gasteiger partial charge in [-0.25, -0.2) is 15.0 Å². The lowest BCUT2D eigenvalue weighted by Gasteiger charge is -2.14. The summed E-state index contributed by atoms with van der Waals surface area (Å²) in [6, 6.07) is 5.65. The Morgan fingerprint density at radius 3 is 2.65 bits per heavy atom. The van der Waals surface area contributed by atoms with E-state index in [1.807, 2.05) is 30.6 Å². The van der Waals surface area contributed by atoms with Crippen LogP contribution in [0.1, 0.15) is 40.0 Å². The van der Waals surface area contributed by atoms with Gasteiger partial charge in [0.25, 0.3) is 5.91 Å². The Morgan fingerprint density at radius 2 is 1.92 bits per heavy atom. The molecule has 1 aliphatic heterocycles. The van der Waals surface area contributed by atoms with Gasteiger partial charge in [0, 0.05) is 68.0 Å². The highest BCUT2D eigenvalue weighted by molar-refractivity contribution is 5.95. The van der Waals surface area contributed by atoms with Crippen LogP contribution in [0.2, 0.25) is 0 Å². The largest absolute Gasteiger partial charge is 0.496 e. The highest BCUT2D eigenvalue weighted by Crippen LogP contribution is 2.28. The molecule has 4 aromatic rings. The van der Waals surface area contributed by atoms with Gasteiger partial charge in [-0.2, -0.15) is 5.10 Å². The van der Waals surface area contributed by atoms with E-state index in [4.69, 9.17) is 15.2 Å². The number of benzene rings is 1. The molecule has 1 aliphatic rings. The molecule has 4 heterocycles. The molecule has 0 atom stereocenters. The minimum Gasteiger partial charge on any atom is -0.496 e. The van der Waals surface area contributed by atoms with E-state index in [0.717, 1.165) is 40.9 Å². The van der Waals surface area contributed by atoms with E-state index in [-0.39, 0.29) is 19.1 Å². The molecule has 1 amide bonds. The third-order valence-electron chi connectivity index (χ3n) is 6.42. The number of nitrogens with one attached hydrogen (secondary N) is 1. The lowest BCUT2D eigenvalue weighted by Crippen LogP contribution is -2.24. The van der Waals surface area contributed by atoms with Crippen molar-refractivity contribution in [1.82, 2.24) is 30.0 Å². The minimum atomic E-state index is -0.254. The molecule has 3 aromatic heterocycles. The summed E-state index contributed by atoms with van der Waals surface area (Å²) in [6.45, 7) is 2.91. The van der Waals surface area contributed by atoms with Crippen LogP contribution in [0.3, 0.4) is 0 Å². The van der Waals surface area contributed by atoms with Gasteiger partial charge in [0.15, 0.2) is 0 Å². The number of nitrogen functional groups attached to an aromatic ring is 1. The molecule has 0 radical (unpaired) electrons. The van der Waals surface area contributed by atoms with Crippen LogP contribution in [0.4, 0.5) is 11.8 Å². The van der Waals surface area contributed by atoms with Crippen molar-refractivity contribution in [2.75, 3.05) is 37.9 Å². The second-order valence-corrected chi connectivity index (χ2v) is 8.97. The zero-order valence-corrected chi connectivity index (χ0v) is 21.0. The SMILES string of the molecule is COCc1nn(Cc2cnc(N3CCCC3)nc2)cc1C(=O)NCc1cc2ccnc(N)c2cc1OC. The maximum absolute atomic E-state index is 13.2. The Labute approximate surface area is 214 Å². The van der Waals surface area contributed by atoms with Gasteiger partial charge in [-0.3, -0.25) is 9.48 Å². The van der Waals surface area contributed by atoms with E-state index in [0.29, 0.717) is 29.4 Å². The third kappa shape index (κ3) is 5.31. The van der Waals surface area contributed by atoms with Crippen LogP contribution < -0.4 is 20.7 Å². The molecule has 37 heavy (non-hydrogen) atoms. The number of carbonyl (C=O) groups is 1. The Morgan fingerprint density at radius 1 is 1.14 bits per heavy atom. The fourth-order valence-corrected chi connectivity index (χ4v) is 4.54. The number of carbonyl (C=O) groups excluding carboxylic acids is 1. The molecule has 1 aromatic carbocycles. The number of nitrogens with zero attached hydrogens (tertiary/aromatic N) is 6. The highest BCUT2D eigenvalue weighted by Gasteiger charge is 2.19. The summed E-state index contributed by atoms with van der Waals surface area (Å²) in [5.41, 5.74) is 8.73. The van der Waals surface area contributed by atoms with Crippen LogP contribution in [0.25, 0.3) is 10.8 Å². The van der Waals surface area contributed by atoms with Crippen molar-refractivity contribution in [2.24, 2.45) is 0 Å². The van der Waals surface area contributed by atoms with E-state index < -0.39 is 0 Å². The molecule has 1 saturated heterocycles. The molecule has 0 unspecified atom stereocenters. The summed E-state index contributed by atoms with van der Waals surface area (Å²) in [5.74, 6) is 1.55. The van der Waals surface area contributed by atoms with Gasteiger partial charge >= 0.3 is 0 Å². The molecule has 0 aliphatic carbocycles. The Hall–Kier alpha value is -4.25. The van der Waals surface area contributed by atoms with Crippen molar-refractivity contribution in [2.45, 2.75) is 32.5 Å². The van der Waals surface area contributed by atoms with Gasteiger partial charge in [0.2, 0.25) is 5.95 Å². The number of anilines is 2. The van der Waals surface area contributed by atoms with E-state index in [1.54, 1.807) is 31.3 Å². The van der Waals surface area contributed by atoms with Crippen molar-refractivity contribution >= 4 is 28.4 Å². The van der Waals surface area contributed by atoms with Crippen LogP contribution >= 0.6 is 0 Å². The standard InChI is InChI=1S/C26H30N8O3/c1-36-16-22-21(15-34(32-22)14-17-11-30-26(31-12-17)33-7-3-4-8-33)25(35)29-13-19-9-18-5-6-28-24(27)20(18)10-23(19)37-2/h5-6,9-12,15H,3-4,7-8,13-14,16H2,1-2H3,(H2,27,28)(H,29,35). The summed E-state index contributed by atoms with van der Waals surface area (Å²) in [5, 5.41) is 9.28. The number of ether oxygens (including phenoxy) is 2. The predicted octanol–water partition coefficient (Wildman–Crippen LogP) is 2.54. The van der Waals surface area contributed by atoms with Gasteiger partial charge in [-0.1, -0.05) is 0 Å². The lowest BCUT2D eigenvalue weighted by atomic mass is 10.1. The number of amides is 1. The number of hydrogen-bond donors (Lipinski definition) is 2. The number of methoxy groups -OCH3 is 2. The average molecular weight is 503 g/mol. The van der Waals surface area contributed by atoms with Crippen LogP contribution in [0.15, 0.2) is 43.0 Å². The van der Waals surface area contributed by atoms with Crippen molar-refractivity contribution in [3.63, 3.8) is 0 Å². The second-order valence-electron chi connectivity index (χ2n) is 8.97. The Balaban J connectivity index is 1.31. The smallest absolute Gasteiger partial charge is 0.255 e. The summed E-state index contributed by atoms with van der Waals surface area (Å²) >= 11 is 0. The first-order valence-electron chi connectivity index (χ1n) is 12.2. The lowest BCUT2D eigenvalue weighted by molar-refractivity contribution is 0.0945. The van der Waals surface area contributed by atoms with Gasteiger partial charge in [-0.15, -0.1) is 0 Å². The highest BCUT2D eigenvalue weighted by atomic mass is 16.5. The van der Waals surface area contributed by atoms with Gasteiger partial charge in [0.1, 0.15) is 17.3 Å². The van der Waals surface area contributed by atoms with Gasteiger partial charge in [-0.05, 0) is 36.4 Å². The van der Waals surface area contributed by atoms with E-state index in [2.05, 4.69) is 30.3 Å². The quantitative estimate of drug-likeness (QED) is 0.354. The number of nitrogens with two attached hydrogens (primary N) is 1. The number of aromatic nitrogens is 5. The molecular formula is C26H30N8O3. The van der Waals surface area contributed by atoms with E-state index in [1.165, 1.54) is 12.8 Å².